The molecule has 3 rings (SSSR count). The maximum absolute atomic E-state index is 2.36. The molecule has 0 aromatic heterocycles. The van der Waals surface area contributed by atoms with Crippen LogP contribution in [0, 0.1) is 0 Å². The Hall–Kier alpha value is -2.34. The maximum Gasteiger partial charge on any atom is -0.00297 e. The van der Waals surface area contributed by atoms with Crippen molar-refractivity contribution in [3.8, 4) is 0 Å². The predicted octanol–water partition coefficient (Wildman–Crippen LogP) is 5.99. The van der Waals surface area contributed by atoms with Crippen LogP contribution >= 0.6 is 0 Å². The second kappa shape index (κ2) is 6.83. The third-order valence-corrected chi connectivity index (χ3v) is 4.87. The molecular weight excluding hydrogens is 276 g/mol. The fraction of sp³-hybridized carbons (Fsp3) is 0.217. The lowest BCUT2D eigenvalue weighted by Crippen LogP contribution is -2.28. The molecule has 0 heteroatoms. The van der Waals surface area contributed by atoms with E-state index in [0.717, 1.165) is 6.42 Å². The van der Waals surface area contributed by atoms with Gasteiger partial charge in [-0.05, 0) is 34.4 Å². The Morgan fingerprint density at radius 2 is 1.13 bits per heavy atom. The molecule has 3 aromatic carbocycles. The van der Waals surface area contributed by atoms with Crippen molar-refractivity contribution in [2.45, 2.75) is 31.6 Å². The molecule has 0 saturated carbocycles. The van der Waals surface area contributed by atoms with Crippen LogP contribution in [0.4, 0.5) is 0 Å². The molecule has 0 nitrogen and oxygen atoms in total. The first-order valence-corrected chi connectivity index (χ1v) is 8.32. The van der Waals surface area contributed by atoms with Crippen LogP contribution in [-0.2, 0) is 11.8 Å². The molecule has 23 heavy (non-hydrogen) atoms. The molecule has 116 valence electrons. The van der Waals surface area contributed by atoms with E-state index in [4.69, 9.17) is 0 Å². The van der Waals surface area contributed by atoms with Crippen molar-refractivity contribution in [2.24, 2.45) is 0 Å². The Labute approximate surface area is 139 Å². The van der Waals surface area contributed by atoms with Crippen molar-refractivity contribution in [2.75, 3.05) is 0 Å². The normalized spacial score (nSPS) is 12.8. The molecule has 0 aliphatic rings. The predicted molar refractivity (Wildman–Crippen MR) is 98.8 cm³/mol. The lowest BCUT2D eigenvalue weighted by molar-refractivity contribution is 0.408. The summed E-state index contributed by atoms with van der Waals surface area (Å²) in [5.41, 5.74) is 4.26. The number of hydrogen-bond donors (Lipinski definition) is 0. The van der Waals surface area contributed by atoms with Gasteiger partial charge in [-0.25, -0.2) is 0 Å². The van der Waals surface area contributed by atoms with E-state index in [2.05, 4.69) is 105 Å². The number of benzene rings is 3. The number of rotatable bonds is 5. The molecule has 0 aliphatic carbocycles. The minimum absolute atomic E-state index is 0.0679. The summed E-state index contributed by atoms with van der Waals surface area (Å²) in [7, 11) is 0. The van der Waals surface area contributed by atoms with Crippen LogP contribution < -0.4 is 0 Å². The topological polar surface area (TPSA) is 0 Å². The molecule has 1 unspecified atom stereocenters. The molecule has 0 radical (unpaired) electrons. The lowest BCUT2D eigenvalue weighted by atomic mass is 9.68. The van der Waals surface area contributed by atoms with Gasteiger partial charge in [-0.1, -0.05) is 105 Å². The van der Waals surface area contributed by atoms with Gasteiger partial charge in [0.15, 0.2) is 0 Å². The van der Waals surface area contributed by atoms with Gasteiger partial charge in [0, 0.05) is 0 Å². The highest BCUT2D eigenvalue weighted by atomic mass is 14.4. The van der Waals surface area contributed by atoms with E-state index in [9.17, 15) is 0 Å². The standard InChI is InChI=1S/C23H24/c1-23(2,21-16-10-5-11-17-21)22(20-14-8-4-9-15-20)18-19-12-6-3-7-13-19/h3-17,22H,18H2,1-2H3. The molecule has 0 aliphatic heterocycles. The highest BCUT2D eigenvalue weighted by molar-refractivity contribution is 5.34. The van der Waals surface area contributed by atoms with Crippen molar-refractivity contribution in [3.05, 3.63) is 108 Å². The summed E-state index contributed by atoms with van der Waals surface area (Å²) in [6, 6.07) is 32.6. The minimum atomic E-state index is 0.0679. The van der Waals surface area contributed by atoms with E-state index in [1.165, 1.54) is 16.7 Å². The van der Waals surface area contributed by atoms with Gasteiger partial charge >= 0.3 is 0 Å². The molecule has 3 aromatic rings. The van der Waals surface area contributed by atoms with Gasteiger partial charge in [0.2, 0.25) is 0 Å². The fourth-order valence-corrected chi connectivity index (χ4v) is 3.39. The Bertz CT molecular complexity index is 712. The zero-order valence-corrected chi connectivity index (χ0v) is 13.9. The van der Waals surface area contributed by atoms with E-state index in [1.807, 2.05) is 0 Å². The summed E-state index contributed by atoms with van der Waals surface area (Å²) in [5.74, 6) is 0.438. The third kappa shape index (κ3) is 3.53. The lowest BCUT2D eigenvalue weighted by Gasteiger charge is -2.36. The van der Waals surface area contributed by atoms with Crippen molar-refractivity contribution in [1.29, 1.82) is 0 Å². The summed E-state index contributed by atoms with van der Waals surface area (Å²) in [5, 5.41) is 0. The van der Waals surface area contributed by atoms with Crippen LogP contribution in [0.3, 0.4) is 0 Å². The molecule has 0 N–H and O–H groups in total. The zero-order chi connectivity index (χ0) is 16.1. The van der Waals surface area contributed by atoms with Crippen LogP contribution in [0.5, 0.6) is 0 Å². The average Bonchev–Trinajstić information content (AvgIpc) is 2.62. The first kappa shape index (κ1) is 15.6. The molecular formula is C23H24. The van der Waals surface area contributed by atoms with Crippen LogP contribution in [0.1, 0.15) is 36.5 Å². The van der Waals surface area contributed by atoms with E-state index in [0.29, 0.717) is 5.92 Å². The van der Waals surface area contributed by atoms with Gasteiger partial charge in [0.25, 0.3) is 0 Å². The van der Waals surface area contributed by atoms with Crippen LogP contribution in [0.25, 0.3) is 0 Å². The van der Waals surface area contributed by atoms with E-state index in [1.54, 1.807) is 0 Å². The summed E-state index contributed by atoms with van der Waals surface area (Å²) >= 11 is 0. The highest BCUT2D eigenvalue weighted by Crippen LogP contribution is 2.40. The Morgan fingerprint density at radius 1 is 0.652 bits per heavy atom. The fourth-order valence-electron chi connectivity index (χ4n) is 3.39. The smallest absolute Gasteiger partial charge is 0.00297 e. The summed E-state index contributed by atoms with van der Waals surface area (Å²) in [4.78, 5) is 0. The van der Waals surface area contributed by atoms with Crippen molar-refractivity contribution >= 4 is 0 Å². The third-order valence-electron chi connectivity index (χ3n) is 4.87. The van der Waals surface area contributed by atoms with Crippen molar-refractivity contribution < 1.29 is 0 Å². The Morgan fingerprint density at radius 3 is 1.70 bits per heavy atom. The van der Waals surface area contributed by atoms with Gasteiger partial charge in [-0.3, -0.25) is 0 Å². The van der Waals surface area contributed by atoms with Crippen LogP contribution in [-0.4, -0.2) is 0 Å². The van der Waals surface area contributed by atoms with Crippen molar-refractivity contribution in [3.63, 3.8) is 0 Å². The summed E-state index contributed by atoms with van der Waals surface area (Å²) in [6.45, 7) is 4.73. The minimum Gasteiger partial charge on any atom is -0.0622 e. The SMILES string of the molecule is CC(C)(c1ccccc1)C(Cc1ccccc1)c1ccccc1. The molecule has 0 heterocycles. The van der Waals surface area contributed by atoms with E-state index >= 15 is 0 Å². The molecule has 0 spiro atoms. The summed E-state index contributed by atoms with van der Waals surface area (Å²) in [6.07, 6.45) is 1.05. The molecule has 0 bridgehead atoms. The van der Waals surface area contributed by atoms with E-state index in [-0.39, 0.29) is 5.41 Å². The molecule has 1 atom stereocenters. The first-order chi connectivity index (χ1) is 11.2. The zero-order valence-electron chi connectivity index (χ0n) is 13.9. The van der Waals surface area contributed by atoms with Gasteiger partial charge in [0.1, 0.15) is 0 Å². The monoisotopic (exact) mass is 300 g/mol. The molecule has 0 amide bonds. The van der Waals surface area contributed by atoms with Crippen LogP contribution in [0.2, 0.25) is 0 Å². The quantitative estimate of drug-likeness (QED) is 0.543. The maximum atomic E-state index is 2.36. The largest absolute Gasteiger partial charge is 0.0622 e. The van der Waals surface area contributed by atoms with E-state index < -0.39 is 0 Å². The Kier molecular flexibility index (Phi) is 4.62. The number of hydrogen-bond acceptors (Lipinski definition) is 0. The first-order valence-electron chi connectivity index (χ1n) is 8.32. The highest BCUT2D eigenvalue weighted by Gasteiger charge is 2.32. The molecule has 0 saturated heterocycles. The van der Waals surface area contributed by atoms with Crippen LogP contribution in [0.15, 0.2) is 91.0 Å². The molecule has 0 fully saturated rings. The summed E-state index contributed by atoms with van der Waals surface area (Å²) < 4.78 is 0. The second-order valence-electron chi connectivity index (χ2n) is 6.74. The van der Waals surface area contributed by atoms with Gasteiger partial charge in [-0.2, -0.15) is 0 Å². The van der Waals surface area contributed by atoms with Crippen molar-refractivity contribution in [1.82, 2.24) is 0 Å². The average molecular weight is 300 g/mol. The van der Waals surface area contributed by atoms with Gasteiger partial charge < -0.3 is 0 Å². The Balaban J connectivity index is 2.01. The van der Waals surface area contributed by atoms with Gasteiger partial charge in [-0.15, -0.1) is 0 Å². The van der Waals surface area contributed by atoms with Gasteiger partial charge in [0.05, 0.1) is 0 Å². The second-order valence-corrected chi connectivity index (χ2v) is 6.74.